The van der Waals surface area contributed by atoms with Crippen molar-refractivity contribution in [2.75, 3.05) is 6.61 Å². The Kier molecular flexibility index (Phi) is 2.97. The number of carbonyl (C=O) groups excluding carboxylic acids is 1. The van der Waals surface area contributed by atoms with Gasteiger partial charge in [0, 0.05) is 0 Å². The van der Waals surface area contributed by atoms with Crippen molar-refractivity contribution >= 4 is 11.7 Å². The molecule has 6 heteroatoms. The van der Waals surface area contributed by atoms with Crippen LogP contribution in [0.15, 0.2) is 0 Å². The summed E-state index contributed by atoms with van der Waals surface area (Å²) < 4.78 is 4.67. The van der Waals surface area contributed by atoms with Gasteiger partial charge in [0.05, 0.1) is 13.0 Å². The minimum absolute atomic E-state index is 0.128. The predicted molar refractivity (Wildman–Crippen MR) is 41.3 cm³/mol. The fourth-order valence-electron chi connectivity index (χ4n) is 1.08. The van der Waals surface area contributed by atoms with Crippen molar-refractivity contribution < 1.29 is 24.9 Å². The van der Waals surface area contributed by atoms with Crippen LogP contribution in [-0.2, 0) is 9.53 Å². The molecule has 3 unspecified atom stereocenters. The number of ether oxygens (including phenoxy) is 1. The number of carbonyl (C=O) groups is 1. The van der Waals surface area contributed by atoms with Gasteiger partial charge in [0.1, 0.15) is 18.3 Å². The molecule has 1 aliphatic heterocycles. The lowest BCUT2D eigenvalue weighted by Crippen LogP contribution is -2.39. The molecule has 0 saturated carbocycles. The number of hydrogen-bond acceptors (Lipinski definition) is 6. The fourth-order valence-corrected chi connectivity index (χ4v) is 1.08. The van der Waals surface area contributed by atoms with Crippen molar-refractivity contribution in [1.29, 1.82) is 5.41 Å². The van der Waals surface area contributed by atoms with Gasteiger partial charge in [-0.3, -0.25) is 10.2 Å². The van der Waals surface area contributed by atoms with Gasteiger partial charge < -0.3 is 20.1 Å². The summed E-state index contributed by atoms with van der Waals surface area (Å²) >= 11 is 0. The SMILES string of the molecule is N=C1OC(C(O)C(O)CO)CC1=O. The quantitative estimate of drug-likeness (QED) is 0.412. The lowest BCUT2D eigenvalue weighted by molar-refractivity contribution is -0.113. The molecular weight excluding hydrogens is 178 g/mol. The van der Waals surface area contributed by atoms with Gasteiger partial charge in [-0.15, -0.1) is 0 Å². The Labute approximate surface area is 74.3 Å². The second kappa shape index (κ2) is 3.82. The Morgan fingerprint density at radius 3 is 2.62 bits per heavy atom. The van der Waals surface area contributed by atoms with Crippen molar-refractivity contribution in [2.45, 2.75) is 24.7 Å². The smallest absolute Gasteiger partial charge is 0.251 e. The van der Waals surface area contributed by atoms with Crippen molar-refractivity contribution in [3.05, 3.63) is 0 Å². The highest BCUT2D eigenvalue weighted by Gasteiger charge is 2.37. The van der Waals surface area contributed by atoms with E-state index in [1.807, 2.05) is 0 Å². The molecule has 0 radical (unpaired) electrons. The Hall–Kier alpha value is -0.980. The number of aliphatic hydroxyl groups is 3. The van der Waals surface area contributed by atoms with Gasteiger partial charge in [-0.05, 0) is 0 Å². The molecule has 1 rings (SSSR count). The van der Waals surface area contributed by atoms with E-state index in [9.17, 15) is 9.90 Å². The molecule has 74 valence electrons. The molecule has 4 N–H and O–H groups in total. The van der Waals surface area contributed by atoms with Gasteiger partial charge in [-0.1, -0.05) is 0 Å². The number of nitrogens with one attached hydrogen (secondary N) is 1. The predicted octanol–water partition coefficient (Wildman–Crippen LogP) is -1.96. The maximum atomic E-state index is 10.8. The van der Waals surface area contributed by atoms with E-state index in [1.165, 1.54) is 0 Å². The van der Waals surface area contributed by atoms with Gasteiger partial charge in [-0.2, -0.15) is 0 Å². The number of aliphatic hydroxyl groups excluding tert-OH is 3. The van der Waals surface area contributed by atoms with Crippen LogP contribution >= 0.6 is 0 Å². The van der Waals surface area contributed by atoms with Crippen LogP contribution in [0.2, 0.25) is 0 Å². The molecule has 0 aromatic carbocycles. The maximum Gasteiger partial charge on any atom is 0.251 e. The Morgan fingerprint density at radius 1 is 1.62 bits per heavy atom. The van der Waals surface area contributed by atoms with E-state index in [0.29, 0.717) is 0 Å². The third-order valence-electron chi connectivity index (χ3n) is 1.87. The summed E-state index contributed by atoms with van der Waals surface area (Å²) in [5, 5.41) is 33.7. The first-order valence-electron chi connectivity index (χ1n) is 3.81. The van der Waals surface area contributed by atoms with Crippen molar-refractivity contribution in [1.82, 2.24) is 0 Å². The molecule has 3 atom stereocenters. The molecule has 1 saturated heterocycles. The van der Waals surface area contributed by atoms with Gasteiger partial charge in [-0.25, -0.2) is 0 Å². The highest BCUT2D eigenvalue weighted by atomic mass is 16.5. The molecule has 0 amide bonds. The molecule has 0 aromatic heterocycles. The fraction of sp³-hybridized carbons (Fsp3) is 0.714. The van der Waals surface area contributed by atoms with Gasteiger partial charge in [0.25, 0.3) is 5.90 Å². The molecular formula is C7H11NO5. The van der Waals surface area contributed by atoms with E-state index in [-0.39, 0.29) is 6.42 Å². The third-order valence-corrected chi connectivity index (χ3v) is 1.87. The first kappa shape index (κ1) is 10.1. The summed E-state index contributed by atoms with van der Waals surface area (Å²) in [5.74, 6) is -1.01. The van der Waals surface area contributed by atoms with Crippen LogP contribution in [0, 0.1) is 5.41 Å². The number of Topliss-reactive ketones (excluding diaryl/α,β-unsaturated/α-hetero) is 1. The molecule has 1 fully saturated rings. The van der Waals surface area contributed by atoms with E-state index < -0.39 is 36.6 Å². The van der Waals surface area contributed by atoms with Gasteiger partial charge >= 0.3 is 0 Å². The zero-order valence-electron chi connectivity index (χ0n) is 6.80. The second-order valence-corrected chi connectivity index (χ2v) is 2.85. The molecule has 0 spiro atoms. The van der Waals surface area contributed by atoms with Crippen LogP contribution in [0.4, 0.5) is 0 Å². The highest BCUT2D eigenvalue weighted by Crippen LogP contribution is 2.16. The Morgan fingerprint density at radius 2 is 2.23 bits per heavy atom. The summed E-state index contributed by atoms with van der Waals surface area (Å²) in [4.78, 5) is 10.8. The summed E-state index contributed by atoms with van der Waals surface area (Å²) in [5.41, 5.74) is 0. The number of ketones is 1. The van der Waals surface area contributed by atoms with E-state index in [4.69, 9.17) is 15.6 Å². The van der Waals surface area contributed by atoms with E-state index in [1.54, 1.807) is 0 Å². The molecule has 0 aromatic rings. The molecule has 0 bridgehead atoms. The van der Waals surface area contributed by atoms with Crippen molar-refractivity contribution in [3.63, 3.8) is 0 Å². The van der Waals surface area contributed by atoms with Crippen LogP contribution in [0.5, 0.6) is 0 Å². The largest absolute Gasteiger partial charge is 0.469 e. The Balaban J connectivity index is 2.55. The van der Waals surface area contributed by atoms with Crippen LogP contribution in [0.25, 0.3) is 0 Å². The number of hydrogen-bond donors (Lipinski definition) is 4. The first-order chi connectivity index (χ1) is 6.06. The van der Waals surface area contributed by atoms with Crippen LogP contribution in [-0.4, -0.2) is 51.9 Å². The summed E-state index contributed by atoms with van der Waals surface area (Å²) in [6.45, 7) is -0.609. The minimum Gasteiger partial charge on any atom is -0.469 e. The standard InChI is InChI=1S/C7H11NO5/c8-7-3(10)1-5(13-7)6(12)4(11)2-9/h4-6,8-9,11-12H,1-2H2. The first-order valence-corrected chi connectivity index (χ1v) is 3.81. The lowest BCUT2D eigenvalue weighted by Gasteiger charge is -2.20. The average Bonchev–Trinajstić information content (AvgIpc) is 2.44. The summed E-state index contributed by atoms with van der Waals surface area (Å²) in [7, 11) is 0. The second-order valence-electron chi connectivity index (χ2n) is 2.85. The zero-order valence-corrected chi connectivity index (χ0v) is 6.80. The zero-order chi connectivity index (χ0) is 10.0. The normalized spacial score (nSPS) is 27.2. The minimum atomic E-state index is -1.34. The Bertz CT molecular complexity index is 213. The monoisotopic (exact) mass is 189 g/mol. The summed E-state index contributed by atoms with van der Waals surface area (Å²) in [6.07, 6.45) is -3.72. The van der Waals surface area contributed by atoms with Crippen molar-refractivity contribution in [3.8, 4) is 0 Å². The molecule has 13 heavy (non-hydrogen) atoms. The average molecular weight is 189 g/mol. The van der Waals surface area contributed by atoms with E-state index >= 15 is 0 Å². The van der Waals surface area contributed by atoms with E-state index in [2.05, 4.69) is 4.74 Å². The third kappa shape index (κ3) is 2.03. The van der Waals surface area contributed by atoms with Crippen molar-refractivity contribution in [2.24, 2.45) is 0 Å². The topological polar surface area (TPSA) is 111 Å². The van der Waals surface area contributed by atoms with Crippen LogP contribution in [0.1, 0.15) is 6.42 Å². The van der Waals surface area contributed by atoms with Gasteiger partial charge in [0.15, 0.2) is 0 Å². The van der Waals surface area contributed by atoms with Gasteiger partial charge in [0.2, 0.25) is 5.78 Å². The molecule has 1 heterocycles. The highest BCUT2D eigenvalue weighted by molar-refractivity contribution is 6.36. The van der Waals surface area contributed by atoms with Crippen LogP contribution < -0.4 is 0 Å². The maximum absolute atomic E-state index is 10.8. The lowest BCUT2D eigenvalue weighted by atomic mass is 10.1. The summed E-state index contributed by atoms with van der Waals surface area (Å²) in [6, 6.07) is 0. The number of rotatable bonds is 3. The molecule has 6 nitrogen and oxygen atoms in total. The molecule has 0 aliphatic carbocycles. The molecule has 1 aliphatic rings. The van der Waals surface area contributed by atoms with E-state index in [0.717, 1.165) is 0 Å². The van der Waals surface area contributed by atoms with Crippen LogP contribution in [0.3, 0.4) is 0 Å².